The predicted octanol–water partition coefficient (Wildman–Crippen LogP) is 3.57. The molecule has 0 bridgehead atoms. The van der Waals surface area contributed by atoms with Crippen LogP contribution < -0.4 is 16.4 Å². The fraction of sp³-hybridized carbons (Fsp3) is 0.481. The van der Waals surface area contributed by atoms with E-state index in [-0.39, 0.29) is 38.4 Å². The fourth-order valence-corrected chi connectivity index (χ4v) is 3.82. The predicted molar refractivity (Wildman–Crippen MR) is 139 cm³/mol. The Kier molecular flexibility index (Phi) is 11.8. The molecule has 10 heteroatoms. The van der Waals surface area contributed by atoms with Crippen molar-refractivity contribution in [2.24, 2.45) is 10.7 Å². The van der Waals surface area contributed by atoms with Gasteiger partial charge < -0.3 is 25.8 Å². The SMILES string of the molecule is CCOC(=O)CC[C@@H](NC(=O)CNC(=C1CCC1)/C(C(C)=Nc1ccc(F)cc1)=C(\C)N)C(=O)OCC. The Labute approximate surface area is 217 Å². The Balaban J connectivity index is 2.16. The molecule has 9 nitrogen and oxygen atoms in total. The lowest BCUT2D eigenvalue weighted by atomic mass is 9.86. The number of halogens is 1. The number of hydrogen-bond donors (Lipinski definition) is 3. The van der Waals surface area contributed by atoms with Gasteiger partial charge in [-0.25, -0.2) is 9.18 Å². The number of esters is 2. The highest BCUT2D eigenvalue weighted by Gasteiger charge is 2.25. The molecule has 1 amide bonds. The lowest BCUT2D eigenvalue weighted by Gasteiger charge is -2.26. The number of carbonyl (C=O) groups is 3. The Hall–Kier alpha value is -3.69. The molecule has 0 aliphatic heterocycles. The Morgan fingerprint density at radius 2 is 1.73 bits per heavy atom. The first-order chi connectivity index (χ1) is 17.7. The van der Waals surface area contributed by atoms with E-state index in [4.69, 9.17) is 15.2 Å². The molecule has 0 unspecified atom stereocenters. The van der Waals surface area contributed by atoms with E-state index in [9.17, 15) is 18.8 Å². The summed E-state index contributed by atoms with van der Waals surface area (Å²) in [6.45, 7) is 7.18. The van der Waals surface area contributed by atoms with Crippen LogP contribution in [-0.2, 0) is 23.9 Å². The van der Waals surface area contributed by atoms with Crippen LogP contribution in [0.15, 0.2) is 51.8 Å². The smallest absolute Gasteiger partial charge is 0.328 e. The summed E-state index contributed by atoms with van der Waals surface area (Å²) in [6, 6.07) is 4.84. The number of rotatable bonds is 13. The second-order valence-corrected chi connectivity index (χ2v) is 8.63. The number of aliphatic imine (C=N–C) groups is 1. The summed E-state index contributed by atoms with van der Waals surface area (Å²) >= 11 is 0. The standard InChI is InChI=1S/C27H37FN4O5/c1-5-36-24(34)15-14-22(27(35)37-6-2)32-23(33)16-30-26(19-8-7-9-19)25(17(3)29)18(4)31-21-12-10-20(28)11-13-21/h10-13,22,30H,5-9,14-16,29H2,1-4H3,(H,32,33)/b25-17+,31-18?/t22-/m1/s1. The number of ether oxygens (including phenoxy) is 2. The maximum Gasteiger partial charge on any atom is 0.328 e. The van der Waals surface area contributed by atoms with Crippen LogP contribution in [0, 0.1) is 5.82 Å². The third kappa shape index (κ3) is 9.36. The van der Waals surface area contributed by atoms with Gasteiger partial charge in [-0.2, -0.15) is 0 Å². The van der Waals surface area contributed by atoms with Crippen molar-refractivity contribution in [2.75, 3.05) is 19.8 Å². The van der Waals surface area contributed by atoms with Gasteiger partial charge in [-0.05, 0) is 83.2 Å². The summed E-state index contributed by atoms with van der Waals surface area (Å²) in [6.07, 6.45) is 2.77. The van der Waals surface area contributed by atoms with Crippen LogP contribution >= 0.6 is 0 Å². The van der Waals surface area contributed by atoms with E-state index in [1.54, 1.807) is 32.9 Å². The highest BCUT2D eigenvalue weighted by molar-refractivity contribution is 6.04. The number of nitrogens with zero attached hydrogens (tertiary/aromatic N) is 1. The van der Waals surface area contributed by atoms with Crippen molar-refractivity contribution >= 4 is 29.2 Å². The van der Waals surface area contributed by atoms with Gasteiger partial charge in [-0.1, -0.05) is 0 Å². The van der Waals surface area contributed by atoms with Gasteiger partial charge in [0.15, 0.2) is 0 Å². The van der Waals surface area contributed by atoms with Crippen LogP contribution in [0.1, 0.15) is 59.8 Å². The maximum atomic E-state index is 13.3. The number of amides is 1. The minimum atomic E-state index is -0.980. The molecule has 1 atom stereocenters. The van der Waals surface area contributed by atoms with Crippen molar-refractivity contribution in [1.82, 2.24) is 10.6 Å². The summed E-state index contributed by atoms with van der Waals surface area (Å²) in [4.78, 5) is 41.5. The molecule has 2 rings (SSSR count). The fourth-order valence-electron chi connectivity index (χ4n) is 3.82. The molecular formula is C27H37FN4O5. The van der Waals surface area contributed by atoms with Gasteiger partial charge in [0.1, 0.15) is 11.9 Å². The maximum absolute atomic E-state index is 13.3. The van der Waals surface area contributed by atoms with Crippen molar-refractivity contribution in [2.45, 2.75) is 65.8 Å². The van der Waals surface area contributed by atoms with Crippen LogP contribution in [0.5, 0.6) is 0 Å². The molecule has 1 aromatic rings. The van der Waals surface area contributed by atoms with E-state index in [1.165, 1.54) is 12.1 Å². The molecule has 1 aromatic carbocycles. The molecule has 1 saturated carbocycles. The number of carbonyl (C=O) groups excluding carboxylic acids is 3. The molecule has 1 aliphatic carbocycles. The van der Waals surface area contributed by atoms with Crippen LogP contribution in [0.4, 0.5) is 10.1 Å². The average molecular weight is 517 g/mol. The van der Waals surface area contributed by atoms with E-state index in [0.717, 1.165) is 30.5 Å². The number of nitrogens with one attached hydrogen (secondary N) is 2. The number of nitrogens with two attached hydrogens (primary N) is 1. The normalized spacial score (nSPS) is 14.6. The van der Waals surface area contributed by atoms with Crippen LogP contribution in [0.3, 0.4) is 0 Å². The van der Waals surface area contributed by atoms with E-state index >= 15 is 0 Å². The minimum Gasteiger partial charge on any atom is -0.466 e. The molecule has 1 aliphatic rings. The quantitative estimate of drug-likeness (QED) is 0.270. The van der Waals surface area contributed by atoms with Gasteiger partial charge in [0.2, 0.25) is 5.91 Å². The highest BCUT2D eigenvalue weighted by atomic mass is 19.1. The van der Waals surface area contributed by atoms with Gasteiger partial charge >= 0.3 is 11.9 Å². The van der Waals surface area contributed by atoms with E-state index in [0.29, 0.717) is 22.7 Å². The number of hydrogen-bond acceptors (Lipinski definition) is 8. The first kappa shape index (κ1) is 29.5. The van der Waals surface area contributed by atoms with Crippen molar-refractivity contribution in [1.29, 1.82) is 0 Å². The Morgan fingerprint density at radius 3 is 2.27 bits per heavy atom. The van der Waals surface area contributed by atoms with Crippen LogP contribution in [0.2, 0.25) is 0 Å². The van der Waals surface area contributed by atoms with Crippen molar-refractivity contribution in [3.8, 4) is 0 Å². The molecule has 0 heterocycles. The number of allylic oxidation sites excluding steroid dienone is 3. The molecular weight excluding hydrogens is 479 g/mol. The molecule has 37 heavy (non-hydrogen) atoms. The van der Waals surface area contributed by atoms with E-state index in [2.05, 4.69) is 15.6 Å². The van der Waals surface area contributed by atoms with E-state index < -0.39 is 23.9 Å². The monoisotopic (exact) mass is 516 g/mol. The van der Waals surface area contributed by atoms with Crippen molar-refractivity contribution in [3.63, 3.8) is 0 Å². The highest BCUT2D eigenvalue weighted by Crippen LogP contribution is 2.32. The molecule has 0 radical (unpaired) electrons. The lowest BCUT2D eigenvalue weighted by Crippen LogP contribution is -2.46. The first-order valence-electron chi connectivity index (χ1n) is 12.5. The Morgan fingerprint density at radius 1 is 1.08 bits per heavy atom. The molecule has 202 valence electrons. The summed E-state index contributed by atoms with van der Waals surface area (Å²) in [5, 5.41) is 5.84. The molecule has 0 spiro atoms. The van der Waals surface area contributed by atoms with Gasteiger partial charge in [0.25, 0.3) is 0 Å². The van der Waals surface area contributed by atoms with Gasteiger partial charge in [-0.3, -0.25) is 14.6 Å². The van der Waals surface area contributed by atoms with Gasteiger partial charge in [0.05, 0.1) is 25.4 Å². The van der Waals surface area contributed by atoms with E-state index in [1.807, 2.05) is 6.92 Å². The lowest BCUT2D eigenvalue weighted by molar-refractivity contribution is -0.148. The third-order valence-electron chi connectivity index (χ3n) is 5.71. The van der Waals surface area contributed by atoms with Crippen molar-refractivity contribution in [3.05, 3.63) is 52.6 Å². The second kappa shape index (κ2) is 14.8. The van der Waals surface area contributed by atoms with Crippen LogP contribution in [0.25, 0.3) is 0 Å². The third-order valence-corrected chi connectivity index (χ3v) is 5.71. The minimum absolute atomic E-state index is 0.0291. The summed E-state index contributed by atoms with van der Waals surface area (Å²) in [5.41, 5.74) is 10.5. The Bertz CT molecular complexity index is 1050. The zero-order chi connectivity index (χ0) is 27.4. The largest absolute Gasteiger partial charge is 0.466 e. The molecule has 0 saturated heterocycles. The average Bonchev–Trinajstić information content (AvgIpc) is 2.80. The van der Waals surface area contributed by atoms with Crippen molar-refractivity contribution < 1.29 is 28.2 Å². The van der Waals surface area contributed by atoms with Crippen LogP contribution in [-0.4, -0.2) is 49.4 Å². The number of benzene rings is 1. The zero-order valence-electron chi connectivity index (χ0n) is 22.0. The van der Waals surface area contributed by atoms with Gasteiger partial charge in [0, 0.05) is 29.1 Å². The molecule has 0 aromatic heterocycles. The molecule has 4 N–H and O–H groups in total. The van der Waals surface area contributed by atoms with Gasteiger partial charge in [-0.15, -0.1) is 0 Å². The summed E-state index contributed by atoms with van der Waals surface area (Å²) in [5.74, 6) is -1.86. The second-order valence-electron chi connectivity index (χ2n) is 8.63. The summed E-state index contributed by atoms with van der Waals surface area (Å²) in [7, 11) is 0. The topological polar surface area (TPSA) is 132 Å². The molecule has 1 fully saturated rings. The zero-order valence-corrected chi connectivity index (χ0v) is 22.0. The first-order valence-corrected chi connectivity index (χ1v) is 12.5. The summed E-state index contributed by atoms with van der Waals surface area (Å²) < 4.78 is 23.3.